The lowest BCUT2D eigenvalue weighted by atomic mass is 9.98. The minimum absolute atomic E-state index is 0. The molecule has 0 unspecified atom stereocenters. The molecule has 0 bridgehead atoms. The Morgan fingerprint density at radius 3 is 2.39 bits per heavy atom. The normalized spacial score (nSPS) is 11.5. The van der Waals surface area contributed by atoms with Gasteiger partial charge < -0.3 is 5.73 Å². The van der Waals surface area contributed by atoms with E-state index in [0.29, 0.717) is 6.54 Å². The van der Waals surface area contributed by atoms with Crippen LogP contribution in [0.2, 0.25) is 0 Å². The minimum Gasteiger partial charge on any atom is -0.329 e. The lowest BCUT2D eigenvalue weighted by Gasteiger charge is -2.20. The van der Waals surface area contributed by atoms with Gasteiger partial charge in [-0.25, -0.2) is 4.98 Å². The molecular formula is C18H28ClN3S. The number of rotatable bonds is 7. The molecule has 128 valence electrons. The minimum atomic E-state index is 0. The SMILES string of the molecule is CC(C)(C)c1ncc(CN(CCN)CCc2ccccc2)s1.Cl. The lowest BCUT2D eigenvalue weighted by molar-refractivity contribution is 0.278. The van der Waals surface area contributed by atoms with E-state index >= 15 is 0 Å². The molecule has 23 heavy (non-hydrogen) atoms. The molecule has 5 heteroatoms. The zero-order chi connectivity index (χ0) is 16.0. The summed E-state index contributed by atoms with van der Waals surface area (Å²) in [5.41, 5.74) is 7.28. The van der Waals surface area contributed by atoms with Gasteiger partial charge in [-0.2, -0.15) is 0 Å². The smallest absolute Gasteiger partial charge is 0.0981 e. The monoisotopic (exact) mass is 353 g/mol. The number of nitrogens with zero attached hydrogens (tertiary/aromatic N) is 2. The number of nitrogens with two attached hydrogens (primary N) is 1. The van der Waals surface area contributed by atoms with Gasteiger partial charge in [-0.05, 0) is 12.0 Å². The van der Waals surface area contributed by atoms with Crippen molar-refractivity contribution >= 4 is 23.7 Å². The van der Waals surface area contributed by atoms with Gasteiger partial charge in [0.1, 0.15) is 0 Å². The molecule has 0 aliphatic rings. The molecule has 1 aromatic carbocycles. The molecule has 2 aromatic rings. The number of thiazole rings is 1. The van der Waals surface area contributed by atoms with Crippen LogP contribution in [0.4, 0.5) is 0 Å². The van der Waals surface area contributed by atoms with Crippen LogP contribution >= 0.6 is 23.7 Å². The highest BCUT2D eigenvalue weighted by Crippen LogP contribution is 2.27. The highest BCUT2D eigenvalue weighted by atomic mass is 35.5. The summed E-state index contributed by atoms with van der Waals surface area (Å²) < 4.78 is 0. The van der Waals surface area contributed by atoms with E-state index in [1.165, 1.54) is 15.4 Å². The largest absolute Gasteiger partial charge is 0.329 e. The second kappa shape index (κ2) is 9.38. The summed E-state index contributed by atoms with van der Waals surface area (Å²) in [5, 5.41) is 1.21. The van der Waals surface area contributed by atoms with Gasteiger partial charge in [0.05, 0.1) is 5.01 Å². The highest BCUT2D eigenvalue weighted by Gasteiger charge is 2.18. The Bertz CT molecular complexity index is 563. The molecular weight excluding hydrogens is 326 g/mol. The average Bonchev–Trinajstić information content (AvgIpc) is 2.95. The van der Waals surface area contributed by atoms with Crippen LogP contribution in [0.15, 0.2) is 36.5 Å². The molecule has 0 fully saturated rings. The van der Waals surface area contributed by atoms with E-state index in [9.17, 15) is 0 Å². The van der Waals surface area contributed by atoms with Crippen LogP contribution < -0.4 is 5.73 Å². The Kier molecular flexibility index (Phi) is 8.20. The van der Waals surface area contributed by atoms with Crippen molar-refractivity contribution < 1.29 is 0 Å². The van der Waals surface area contributed by atoms with Gasteiger partial charge in [-0.1, -0.05) is 51.1 Å². The summed E-state index contributed by atoms with van der Waals surface area (Å²) in [6, 6.07) is 10.6. The Labute approximate surface area is 150 Å². The van der Waals surface area contributed by atoms with E-state index in [1.54, 1.807) is 0 Å². The molecule has 0 saturated carbocycles. The van der Waals surface area contributed by atoms with Gasteiger partial charge in [0, 0.05) is 42.7 Å². The van der Waals surface area contributed by atoms with E-state index in [0.717, 1.165) is 26.1 Å². The van der Waals surface area contributed by atoms with E-state index < -0.39 is 0 Å². The maximum absolute atomic E-state index is 5.77. The maximum atomic E-state index is 5.77. The quantitative estimate of drug-likeness (QED) is 0.821. The number of aromatic nitrogens is 1. The second-order valence-electron chi connectivity index (χ2n) is 6.68. The van der Waals surface area contributed by atoms with Gasteiger partial charge in [-0.3, -0.25) is 4.90 Å². The van der Waals surface area contributed by atoms with Crippen LogP contribution in [0, 0.1) is 0 Å². The summed E-state index contributed by atoms with van der Waals surface area (Å²) >= 11 is 1.82. The van der Waals surface area contributed by atoms with Crippen LogP contribution in [-0.2, 0) is 18.4 Å². The van der Waals surface area contributed by atoms with Crippen LogP contribution in [-0.4, -0.2) is 29.5 Å². The molecule has 0 amide bonds. The average molecular weight is 354 g/mol. The van der Waals surface area contributed by atoms with Gasteiger partial charge in [0.2, 0.25) is 0 Å². The summed E-state index contributed by atoms with van der Waals surface area (Å²) in [6.07, 6.45) is 3.09. The van der Waals surface area contributed by atoms with Gasteiger partial charge in [0.25, 0.3) is 0 Å². The van der Waals surface area contributed by atoms with Crippen LogP contribution in [0.3, 0.4) is 0 Å². The molecule has 2 rings (SSSR count). The third kappa shape index (κ3) is 6.60. The molecule has 3 nitrogen and oxygen atoms in total. The molecule has 0 spiro atoms. The van der Waals surface area contributed by atoms with Crippen molar-refractivity contribution in [3.63, 3.8) is 0 Å². The van der Waals surface area contributed by atoms with Crippen molar-refractivity contribution in [1.29, 1.82) is 0 Å². The molecule has 1 heterocycles. The highest BCUT2D eigenvalue weighted by molar-refractivity contribution is 7.11. The van der Waals surface area contributed by atoms with E-state index in [1.807, 2.05) is 17.5 Å². The number of hydrogen-bond donors (Lipinski definition) is 1. The molecule has 0 radical (unpaired) electrons. The first-order chi connectivity index (χ1) is 10.5. The van der Waals surface area contributed by atoms with Crippen LogP contribution in [0.1, 0.15) is 36.2 Å². The molecule has 2 N–H and O–H groups in total. The predicted octanol–water partition coefficient (Wildman–Crippen LogP) is 3.87. The third-order valence-electron chi connectivity index (χ3n) is 3.58. The molecule has 0 saturated heterocycles. The number of halogens is 1. The van der Waals surface area contributed by atoms with E-state index in [4.69, 9.17) is 5.73 Å². The zero-order valence-electron chi connectivity index (χ0n) is 14.3. The maximum Gasteiger partial charge on any atom is 0.0981 e. The molecule has 0 atom stereocenters. The fraction of sp³-hybridized carbons (Fsp3) is 0.500. The molecule has 1 aromatic heterocycles. The molecule has 0 aliphatic carbocycles. The van der Waals surface area contributed by atoms with Crippen molar-refractivity contribution in [3.05, 3.63) is 52.0 Å². The Hall–Kier alpha value is -0.940. The molecule has 0 aliphatic heterocycles. The van der Waals surface area contributed by atoms with Crippen molar-refractivity contribution in [3.8, 4) is 0 Å². The van der Waals surface area contributed by atoms with Crippen LogP contribution in [0.5, 0.6) is 0 Å². The topological polar surface area (TPSA) is 42.2 Å². The predicted molar refractivity (Wildman–Crippen MR) is 103 cm³/mol. The van der Waals surface area contributed by atoms with E-state index in [2.05, 4.69) is 61.0 Å². The number of benzene rings is 1. The second-order valence-corrected chi connectivity index (χ2v) is 7.80. The first-order valence-corrected chi connectivity index (χ1v) is 8.72. The summed E-state index contributed by atoms with van der Waals surface area (Å²) in [6.45, 7) is 10.2. The fourth-order valence-corrected chi connectivity index (χ4v) is 3.34. The van der Waals surface area contributed by atoms with Gasteiger partial charge in [0.15, 0.2) is 0 Å². The Morgan fingerprint density at radius 1 is 1.13 bits per heavy atom. The summed E-state index contributed by atoms with van der Waals surface area (Å²) in [7, 11) is 0. The Morgan fingerprint density at radius 2 is 1.83 bits per heavy atom. The van der Waals surface area contributed by atoms with Crippen LogP contribution in [0.25, 0.3) is 0 Å². The fourth-order valence-electron chi connectivity index (χ4n) is 2.33. The zero-order valence-corrected chi connectivity index (χ0v) is 15.9. The van der Waals surface area contributed by atoms with Crippen molar-refractivity contribution in [1.82, 2.24) is 9.88 Å². The standard InChI is InChI=1S/C18H27N3S.ClH/c1-18(2,3)17-20-13-16(22-17)14-21(12-10-19)11-9-15-7-5-4-6-8-15;/h4-8,13H,9-12,14,19H2,1-3H3;1H. The Balaban J connectivity index is 0.00000264. The van der Waals surface area contributed by atoms with Gasteiger partial charge >= 0.3 is 0 Å². The van der Waals surface area contributed by atoms with E-state index in [-0.39, 0.29) is 17.8 Å². The first kappa shape index (κ1) is 20.1. The van der Waals surface area contributed by atoms with Crippen molar-refractivity contribution in [2.75, 3.05) is 19.6 Å². The summed E-state index contributed by atoms with van der Waals surface area (Å²) in [5.74, 6) is 0. The van der Waals surface area contributed by atoms with Crippen molar-refractivity contribution in [2.24, 2.45) is 5.73 Å². The number of hydrogen-bond acceptors (Lipinski definition) is 4. The van der Waals surface area contributed by atoms with Crippen molar-refractivity contribution in [2.45, 2.75) is 39.2 Å². The lowest BCUT2D eigenvalue weighted by Crippen LogP contribution is -2.30. The third-order valence-corrected chi connectivity index (χ3v) is 4.99. The first-order valence-electron chi connectivity index (χ1n) is 7.90. The summed E-state index contributed by atoms with van der Waals surface area (Å²) in [4.78, 5) is 8.33. The van der Waals surface area contributed by atoms with Gasteiger partial charge in [-0.15, -0.1) is 23.7 Å².